The molecule has 0 unspecified atom stereocenters. The van der Waals surface area contributed by atoms with E-state index in [1.165, 1.54) is 4.31 Å². The summed E-state index contributed by atoms with van der Waals surface area (Å²) >= 11 is 0. The second kappa shape index (κ2) is 6.70. The van der Waals surface area contributed by atoms with Gasteiger partial charge in [-0.25, -0.2) is 13.4 Å². The summed E-state index contributed by atoms with van der Waals surface area (Å²) in [6.07, 6.45) is 4.03. The number of aromatic nitrogens is 1. The van der Waals surface area contributed by atoms with Crippen molar-refractivity contribution in [2.24, 2.45) is 0 Å². The van der Waals surface area contributed by atoms with E-state index in [0.717, 1.165) is 17.4 Å². The SMILES string of the molecule is CS(=O)(=O)N1CCC[C@@H]1C(=O)Nc1ccc(-c2ccccc2)cn1. The number of hydrogen-bond acceptors (Lipinski definition) is 4. The quantitative estimate of drug-likeness (QED) is 0.920. The number of amides is 1. The van der Waals surface area contributed by atoms with Crippen LogP contribution < -0.4 is 5.32 Å². The van der Waals surface area contributed by atoms with Gasteiger partial charge < -0.3 is 5.32 Å². The summed E-state index contributed by atoms with van der Waals surface area (Å²) in [6.45, 7) is 0.386. The summed E-state index contributed by atoms with van der Waals surface area (Å²) in [7, 11) is -3.38. The Labute approximate surface area is 141 Å². The third-order valence-corrected chi connectivity index (χ3v) is 5.34. The molecular formula is C17H19N3O3S. The molecule has 0 aliphatic carbocycles. The Morgan fingerprint density at radius 1 is 1.17 bits per heavy atom. The minimum absolute atomic E-state index is 0.335. The van der Waals surface area contributed by atoms with Gasteiger partial charge in [-0.1, -0.05) is 30.3 Å². The minimum Gasteiger partial charge on any atom is -0.309 e. The summed E-state index contributed by atoms with van der Waals surface area (Å²) in [6, 6.07) is 12.8. The molecule has 0 spiro atoms. The van der Waals surface area contributed by atoms with Crippen LogP contribution in [0.25, 0.3) is 11.1 Å². The van der Waals surface area contributed by atoms with E-state index in [0.29, 0.717) is 25.2 Å². The smallest absolute Gasteiger partial charge is 0.243 e. The van der Waals surface area contributed by atoms with Crippen molar-refractivity contribution in [3.8, 4) is 11.1 Å². The molecule has 6 nitrogen and oxygen atoms in total. The van der Waals surface area contributed by atoms with Crippen LogP contribution in [0.15, 0.2) is 48.7 Å². The molecule has 24 heavy (non-hydrogen) atoms. The fraction of sp³-hybridized carbons (Fsp3) is 0.294. The van der Waals surface area contributed by atoms with Crippen molar-refractivity contribution >= 4 is 21.7 Å². The second-order valence-corrected chi connectivity index (χ2v) is 7.75. The van der Waals surface area contributed by atoms with E-state index in [9.17, 15) is 13.2 Å². The highest BCUT2D eigenvalue weighted by atomic mass is 32.2. The molecule has 126 valence electrons. The normalized spacial score (nSPS) is 18.5. The van der Waals surface area contributed by atoms with Crippen LogP contribution in [0, 0.1) is 0 Å². The van der Waals surface area contributed by atoms with Gasteiger partial charge in [-0.2, -0.15) is 4.31 Å². The predicted octanol–water partition coefficient (Wildman–Crippen LogP) is 2.11. The highest BCUT2D eigenvalue weighted by molar-refractivity contribution is 7.88. The first kappa shape index (κ1) is 16.6. The number of rotatable bonds is 4. The van der Waals surface area contributed by atoms with Crippen molar-refractivity contribution in [2.75, 3.05) is 18.1 Å². The Bertz CT molecular complexity index is 820. The van der Waals surface area contributed by atoms with Crippen LogP contribution >= 0.6 is 0 Å². The standard InChI is InChI=1S/C17H19N3O3S/c1-24(22,23)20-11-5-8-15(20)17(21)19-16-10-9-14(12-18-16)13-6-3-2-4-7-13/h2-4,6-7,9-10,12,15H,5,8,11H2,1H3,(H,18,19,21)/t15-/m1/s1. The van der Waals surface area contributed by atoms with Crippen molar-refractivity contribution in [3.05, 3.63) is 48.7 Å². The Kier molecular flexibility index (Phi) is 4.64. The van der Waals surface area contributed by atoms with Crippen molar-refractivity contribution in [3.63, 3.8) is 0 Å². The molecule has 0 bridgehead atoms. The zero-order chi connectivity index (χ0) is 17.2. The lowest BCUT2D eigenvalue weighted by molar-refractivity contribution is -0.119. The highest BCUT2D eigenvalue weighted by Crippen LogP contribution is 2.22. The van der Waals surface area contributed by atoms with Gasteiger partial charge in [-0.3, -0.25) is 4.79 Å². The Morgan fingerprint density at radius 3 is 2.54 bits per heavy atom. The fourth-order valence-electron chi connectivity index (χ4n) is 2.88. The zero-order valence-corrected chi connectivity index (χ0v) is 14.2. The molecule has 1 atom stereocenters. The third kappa shape index (κ3) is 3.63. The maximum absolute atomic E-state index is 12.4. The van der Waals surface area contributed by atoms with Crippen LogP contribution in [0.4, 0.5) is 5.82 Å². The summed E-state index contributed by atoms with van der Waals surface area (Å²) in [5.41, 5.74) is 1.99. The number of anilines is 1. The molecule has 1 N–H and O–H groups in total. The van der Waals surface area contributed by atoms with Crippen LogP contribution in [-0.4, -0.2) is 42.5 Å². The van der Waals surface area contributed by atoms with Gasteiger partial charge in [0.25, 0.3) is 0 Å². The first-order valence-corrected chi connectivity index (χ1v) is 9.59. The molecule has 2 heterocycles. The van der Waals surface area contributed by atoms with Gasteiger partial charge in [0.2, 0.25) is 15.9 Å². The van der Waals surface area contributed by atoms with Gasteiger partial charge in [0.15, 0.2) is 0 Å². The molecule has 1 aliphatic heterocycles. The van der Waals surface area contributed by atoms with Crippen molar-refractivity contribution in [2.45, 2.75) is 18.9 Å². The number of benzene rings is 1. The monoisotopic (exact) mass is 345 g/mol. The summed E-state index contributed by atoms with van der Waals surface area (Å²) in [4.78, 5) is 16.6. The fourth-order valence-corrected chi connectivity index (χ4v) is 4.00. The molecule has 1 saturated heterocycles. The molecule has 1 aliphatic rings. The zero-order valence-electron chi connectivity index (χ0n) is 13.3. The molecule has 0 saturated carbocycles. The molecule has 3 rings (SSSR count). The predicted molar refractivity (Wildman–Crippen MR) is 92.9 cm³/mol. The number of nitrogens with zero attached hydrogens (tertiary/aromatic N) is 2. The molecule has 2 aromatic rings. The lowest BCUT2D eigenvalue weighted by atomic mass is 10.1. The molecule has 7 heteroatoms. The molecule has 1 fully saturated rings. The van der Waals surface area contributed by atoms with E-state index in [2.05, 4.69) is 10.3 Å². The van der Waals surface area contributed by atoms with Gasteiger partial charge in [0.05, 0.1) is 6.26 Å². The average molecular weight is 345 g/mol. The Morgan fingerprint density at radius 2 is 1.92 bits per heavy atom. The van der Waals surface area contributed by atoms with Crippen LogP contribution in [0.5, 0.6) is 0 Å². The number of hydrogen-bond donors (Lipinski definition) is 1. The van der Waals surface area contributed by atoms with E-state index < -0.39 is 16.1 Å². The maximum atomic E-state index is 12.4. The summed E-state index contributed by atoms with van der Waals surface area (Å²) in [5, 5.41) is 2.71. The van der Waals surface area contributed by atoms with E-state index in [4.69, 9.17) is 0 Å². The van der Waals surface area contributed by atoms with Gasteiger partial charge in [0, 0.05) is 18.3 Å². The maximum Gasteiger partial charge on any atom is 0.243 e. The number of sulfonamides is 1. The average Bonchev–Trinajstić information content (AvgIpc) is 3.06. The van der Waals surface area contributed by atoms with Crippen molar-refractivity contribution < 1.29 is 13.2 Å². The van der Waals surface area contributed by atoms with Crippen LogP contribution in [0.1, 0.15) is 12.8 Å². The minimum atomic E-state index is -3.38. The van der Waals surface area contributed by atoms with Gasteiger partial charge in [-0.05, 0) is 30.5 Å². The topological polar surface area (TPSA) is 79.4 Å². The van der Waals surface area contributed by atoms with Gasteiger partial charge in [0.1, 0.15) is 11.9 Å². The van der Waals surface area contributed by atoms with E-state index in [1.807, 2.05) is 36.4 Å². The van der Waals surface area contributed by atoms with E-state index >= 15 is 0 Å². The van der Waals surface area contributed by atoms with Gasteiger partial charge in [-0.15, -0.1) is 0 Å². The molecule has 1 aromatic carbocycles. The number of pyridine rings is 1. The van der Waals surface area contributed by atoms with Crippen LogP contribution in [0.3, 0.4) is 0 Å². The van der Waals surface area contributed by atoms with Crippen LogP contribution in [0.2, 0.25) is 0 Å². The second-order valence-electron chi connectivity index (χ2n) is 5.82. The lowest BCUT2D eigenvalue weighted by Crippen LogP contribution is -2.42. The molecule has 1 amide bonds. The van der Waals surface area contributed by atoms with Crippen molar-refractivity contribution in [1.82, 2.24) is 9.29 Å². The largest absolute Gasteiger partial charge is 0.309 e. The number of carbonyl (C=O) groups is 1. The van der Waals surface area contributed by atoms with E-state index in [1.54, 1.807) is 12.3 Å². The summed E-state index contributed by atoms with van der Waals surface area (Å²) in [5.74, 6) is 0.0814. The van der Waals surface area contributed by atoms with E-state index in [-0.39, 0.29) is 5.91 Å². The molecular weight excluding hydrogens is 326 g/mol. The Hall–Kier alpha value is -2.25. The molecule has 0 radical (unpaired) electrons. The molecule has 1 aromatic heterocycles. The third-order valence-electron chi connectivity index (χ3n) is 4.05. The summed E-state index contributed by atoms with van der Waals surface area (Å²) < 4.78 is 24.7. The highest BCUT2D eigenvalue weighted by Gasteiger charge is 2.36. The lowest BCUT2D eigenvalue weighted by Gasteiger charge is -2.21. The Balaban J connectivity index is 1.71. The first-order chi connectivity index (χ1) is 11.4. The number of carbonyl (C=O) groups excluding carboxylic acids is 1. The number of nitrogens with one attached hydrogen (secondary N) is 1. The van der Waals surface area contributed by atoms with Crippen molar-refractivity contribution in [1.29, 1.82) is 0 Å². The first-order valence-electron chi connectivity index (χ1n) is 7.74. The van der Waals surface area contributed by atoms with Crippen LogP contribution in [-0.2, 0) is 14.8 Å². The van der Waals surface area contributed by atoms with Gasteiger partial charge >= 0.3 is 0 Å².